The van der Waals surface area contributed by atoms with E-state index >= 15 is 0 Å². The van der Waals surface area contributed by atoms with Gasteiger partial charge in [-0.15, -0.1) is 0 Å². The van der Waals surface area contributed by atoms with Crippen LogP contribution < -0.4 is 5.73 Å². The lowest BCUT2D eigenvalue weighted by Crippen LogP contribution is -2.32. The van der Waals surface area contributed by atoms with Gasteiger partial charge in [-0.2, -0.15) is 0 Å². The van der Waals surface area contributed by atoms with Crippen molar-refractivity contribution < 1.29 is 0 Å². The maximum atomic E-state index is 5.89. The standard InChI is InChI=1S/C17H26N2/c18-16-8-4-7-15(11-16)13-19(17-9-10-17)12-14-5-2-1-3-6-14/h4,7-8,11,14,17H,1-3,5-6,9-10,12-13,18H2. The summed E-state index contributed by atoms with van der Waals surface area (Å²) in [6.07, 6.45) is 10.0. The minimum atomic E-state index is 0.850. The number of hydrogen-bond donors (Lipinski definition) is 1. The molecule has 2 fully saturated rings. The Bertz CT molecular complexity index is 405. The molecule has 1 aromatic carbocycles. The molecule has 0 atom stereocenters. The molecular weight excluding hydrogens is 232 g/mol. The van der Waals surface area contributed by atoms with Crippen LogP contribution >= 0.6 is 0 Å². The van der Waals surface area contributed by atoms with Crippen LogP contribution in [0.1, 0.15) is 50.5 Å². The summed E-state index contributed by atoms with van der Waals surface area (Å²) in [4.78, 5) is 2.71. The van der Waals surface area contributed by atoms with E-state index in [0.29, 0.717) is 0 Å². The highest BCUT2D eigenvalue weighted by Crippen LogP contribution is 2.32. The van der Waals surface area contributed by atoms with Gasteiger partial charge in [0.1, 0.15) is 0 Å². The predicted octanol–water partition coefficient (Wildman–Crippen LogP) is 3.81. The van der Waals surface area contributed by atoms with Gasteiger partial charge < -0.3 is 5.73 Å². The van der Waals surface area contributed by atoms with Gasteiger partial charge in [-0.05, 0) is 49.3 Å². The molecule has 2 saturated carbocycles. The number of nitrogen functional groups attached to an aromatic ring is 1. The van der Waals surface area contributed by atoms with E-state index in [4.69, 9.17) is 5.73 Å². The Morgan fingerprint density at radius 1 is 1.05 bits per heavy atom. The molecule has 0 radical (unpaired) electrons. The lowest BCUT2D eigenvalue weighted by Gasteiger charge is -2.30. The molecule has 0 unspecified atom stereocenters. The summed E-state index contributed by atoms with van der Waals surface area (Å²) < 4.78 is 0. The summed E-state index contributed by atoms with van der Waals surface area (Å²) in [5.41, 5.74) is 8.16. The zero-order valence-electron chi connectivity index (χ0n) is 11.9. The summed E-state index contributed by atoms with van der Waals surface area (Å²) >= 11 is 0. The first-order valence-electron chi connectivity index (χ1n) is 7.90. The maximum absolute atomic E-state index is 5.89. The molecule has 0 aliphatic heterocycles. The van der Waals surface area contributed by atoms with Crippen LogP contribution in [0.4, 0.5) is 5.69 Å². The van der Waals surface area contributed by atoms with E-state index in [9.17, 15) is 0 Å². The third-order valence-electron chi connectivity index (χ3n) is 4.62. The molecule has 2 heteroatoms. The van der Waals surface area contributed by atoms with Crippen LogP contribution in [0, 0.1) is 5.92 Å². The van der Waals surface area contributed by atoms with Crippen molar-refractivity contribution in [3.05, 3.63) is 29.8 Å². The molecule has 2 N–H and O–H groups in total. The molecule has 0 spiro atoms. The Labute approximate surface area is 117 Å². The fourth-order valence-corrected chi connectivity index (χ4v) is 3.41. The summed E-state index contributed by atoms with van der Waals surface area (Å²) in [7, 11) is 0. The van der Waals surface area contributed by atoms with Gasteiger partial charge in [0, 0.05) is 24.8 Å². The Balaban J connectivity index is 1.60. The molecule has 104 valence electrons. The van der Waals surface area contributed by atoms with E-state index in [1.54, 1.807) is 0 Å². The van der Waals surface area contributed by atoms with E-state index in [1.807, 2.05) is 6.07 Å². The highest BCUT2D eigenvalue weighted by molar-refractivity contribution is 5.40. The second-order valence-electron chi connectivity index (χ2n) is 6.41. The van der Waals surface area contributed by atoms with Crippen LogP contribution in [0.2, 0.25) is 0 Å². The first kappa shape index (κ1) is 13.0. The summed E-state index contributed by atoms with van der Waals surface area (Å²) in [5.74, 6) is 0.940. The smallest absolute Gasteiger partial charge is 0.0317 e. The lowest BCUT2D eigenvalue weighted by atomic mass is 9.89. The molecule has 0 aromatic heterocycles. The second kappa shape index (κ2) is 5.96. The molecule has 3 rings (SSSR count). The number of benzene rings is 1. The third kappa shape index (κ3) is 3.73. The van der Waals surface area contributed by atoms with E-state index in [0.717, 1.165) is 24.2 Å². The van der Waals surface area contributed by atoms with Gasteiger partial charge in [0.2, 0.25) is 0 Å². The molecule has 19 heavy (non-hydrogen) atoms. The number of nitrogens with zero attached hydrogens (tertiary/aromatic N) is 1. The fourth-order valence-electron chi connectivity index (χ4n) is 3.41. The van der Waals surface area contributed by atoms with Crippen molar-refractivity contribution in [2.24, 2.45) is 5.92 Å². The van der Waals surface area contributed by atoms with Gasteiger partial charge in [-0.1, -0.05) is 31.4 Å². The van der Waals surface area contributed by atoms with E-state index in [1.165, 1.54) is 57.1 Å². The first-order valence-corrected chi connectivity index (χ1v) is 7.90. The van der Waals surface area contributed by atoms with Crippen LogP contribution in [-0.2, 0) is 6.54 Å². The van der Waals surface area contributed by atoms with E-state index in [-0.39, 0.29) is 0 Å². The van der Waals surface area contributed by atoms with Crippen molar-refractivity contribution in [3.8, 4) is 0 Å². The van der Waals surface area contributed by atoms with Crippen LogP contribution in [-0.4, -0.2) is 17.5 Å². The van der Waals surface area contributed by atoms with Crippen molar-refractivity contribution in [2.75, 3.05) is 12.3 Å². The highest BCUT2D eigenvalue weighted by atomic mass is 15.2. The number of rotatable bonds is 5. The molecule has 2 aliphatic carbocycles. The fraction of sp³-hybridized carbons (Fsp3) is 0.647. The third-order valence-corrected chi connectivity index (χ3v) is 4.62. The lowest BCUT2D eigenvalue weighted by molar-refractivity contribution is 0.186. The van der Waals surface area contributed by atoms with Gasteiger partial charge in [0.25, 0.3) is 0 Å². The van der Waals surface area contributed by atoms with E-state index < -0.39 is 0 Å². The predicted molar refractivity (Wildman–Crippen MR) is 80.9 cm³/mol. The molecule has 0 amide bonds. The average Bonchev–Trinajstić information content (AvgIpc) is 3.23. The van der Waals surface area contributed by atoms with Gasteiger partial charge in [-0.25, -0.2) is 0 Å². The Morgan fingerprint density at radius 2 is 1.84 bits per heavy atom. The van der Waals surface area contributed by atoms with Crippen molar-refractivity contribution >= 4 is 5.69 Å². The summed E-state index contributed by atoms with van der Waals surface area (Å²) in [6.45, 7) is 2.39. The molecule has 1 aromatic rings. The topological polar surface area (TPSA) is 29.3 Å². The first-order chi connectivity index (χ1) is 9.31. The normalized spacial score (nSPS) is 20.9. The Morgan fingerprint density at radius 3 is 2.53 bits per heavy atom. The zero-order chi connectivity index (χ0) is 13.1. The molecule has 2 aliphatic rings. The van der Waals surface area contributed by atoms with Gasteiger partial charge in [0.05, 0.1) is 0 Å². The minimum Gasteiger partial charge on any atom is -0.399 e. The molecule has 0 saturated heterocycles. The molecular formula is C17H26N2. The summed E-state index contributed by atoms with van der Waals surface area (Å²) in [6, 6.07) is 9.26. The van der Waals surface area contributed by atoms with Crippen LogP contribution in [0.5, 0.6) is 0 Å². The Hall–Kier alpha value is -1.02. The van der Waals surface area contributed by atoms with Crippen molar-refractivity contribution in [1.29, 1.82) is 0 Å². The largest absolute Gasteiger partial charge is 0.399 e. The van der Waals surface area contributed by atoms with Crippen molar-refractivity contribution in [2.45, 2.75) is 57.5 Å². The number of nitrogens with two attached hydrogens (primary N) is 1. The zero-order valence-corrected chi connectivity index (χ0v) is 11.9. The van der Waals surface area contributed by atoms with Crippen LogP contribution in [0.25, 0.3) is 0 Å². The van der Waals surface area contributed by atoms with Crippen molar-refractivity contribution in [1.82, 2.24) is 4.90 Å². The van der Waals surface area contributed by atoms with Gasteiger partial charge in [0.15, 0.2) is 0 Å². The Kier molecular flexibility index (Phi) is 4.07. The van der Waals surface area contributed by atoms with Gasteiger partial charge in [-0.3, -0.25) is 4.90 Å². The second-order valence-corrected chi connectivity index (χ2v) is 6.41. The monoisotopic (exact) mass is 258 g/mol. The molecule has 0 heterocycles. The van der Waals surface area contributed by atoms with Gasteiger partial charge >= 0.3 is 0 Å². The average molecular weight is 258 g/mol. The van der Waals surface area contributed by atoms with Crippen LogP contribution in [0.15, 0.2) is 24.3 Å². The minimum absolute atomic E-state index is 0.850. The highest BCUT2D eigenvalue weighted by Gasteiger charge is 2.30. The molecule has 2 nitrogen and oxygen atoms in total. The quantitative estimate of drug-likeness (QED) is 0.814. The SMILES string of the molecule is Nc1cccc(CN(CC2CCCCC2)C2CC2)c1. The van der Waals surface area contributed by atoms with Crippen molar-refractivity contribution in [3.63, 3.8) is 0 Å². The maximum Gasteiger partial charge on any atom is 0.0317 e. The number of anilines is 1. The summed E-state index contributed by atoms with van der Waals surface area (Å²) in [5, 5.41) is 0. The van der Waals surface area contributed by atoms with E-state index in [2.05, 4.69) is 23.1 Å². The number of hydrogen-bond acceptors (Lipinski definition) is 2. The van der Waals surface area contributed by atoms with Crippen LogP contribution in [0.3, 0.4) is 0 Å². The molecule has 0 bridgehead atoms.